The van der Waals surface area contributed by atoms with Crippen molar-refractivity contribution in [3.63, 3.8) is 0 Å². The predicted molar refractivity (Wildman–Crippen MR) is 118 cm³/mol. The van der Waals surface area contributed by atoms with Crippen LogP contribution in [-0.4, -0.2) is 47.0 Å². The Morgan fingerprint density at radius 2 is 1.76 bits per heavy atom. The number of carbonyl (C=O) groups excluding carboxylic acids is 2. The van der Waals surface area contributed by atoms with E-state index >= 15 is 0 Å². The molecule has 0 aromatic heterocycles. The van der Waals surface area contributed by atoms with Crippen molar-refractivity contribution in [1.82, 2.24) is 9.80 Å². The Kier molecular flexibility index (Phi) is 6.24. The molecule has 2 amide bonds. The molecule has 1 atom stereocenters. The van der Waals surface area contributed by atoms with Gasteiger partial charge in [0, 0.05) is 25.2 Å². The standard InChI is InChI=1S/C24H28N2O2S/c1-25(21-9-5-6-10-21)23(28)19-11-13-20(14-12-19)24-26(22(27)17-29-24)16-15-18-7-3-2-4-8-18/h2-4,7-8,11-14,21,24H,5-6,9-10,15-17H2,1H3. The van der Waals surface area contributed by atoms with Crippen molar-refractivity contribution in [2.75, 3.05) is 19.3 Å². The van der Waals surface area contributed by atoms with Crippen LogP contribution in [0.1, 0.15) is 52.5 Å². The Morgan fingerprint density at radius 1 is 1.07 bits per heavy atom. The molecular formula is C24H28N2O2S. The van der Waals surface area contributed by atoms with Gasteiger partial charge in [0.05, 0.1) is 5.75 Å². The van der Waals surface area contributed by atoms with Gasteiger partial charge in [0.15, 0.2) is 0 Å². The summed E-state index contributed by atoms with van der Waals surface area (Å²) < 4.78 is 0. The molecule has 29 heavy (non-hydrogen) atoms. The third-order valence-corrected chi connectivity index (χ3v) is 7.34. The van der Waals surface area contributed by atoms with Gasteiger partial charge in [-0.05, 0) is 42.5 Å². The van der Waals surface area contributed by atoms with E-state index in [0.29, 0.717) is 18.3 Å². The highest BCUT2D eigenvalue weighted by atomic mass is 32.2. The van der Waals surface area contributed by atoms with Gasteiger partial charge in [-0.1, -0.05) is 55.3 Å². The van der Waals surface area contributed by atoms with Crippen LogP contribution in [0.4, 0.5) is 0 Å². The Morgan fingerprint density at radius 3 is 2.45 bits per heavy atom. The van der Waals surface area contributed by atoms with Crippen LogP contribution in [0.3, 0.4) is 0 Å². The van der Waals surface area contributed by atoms with Crippen molar-refractivity contribution < 1.29 is 9.59 Å². The zero-order chi connectivity index (χ0) is 20.2. The molecule has 4 rings (SSSR count). The molecule has 1 saturated carbocycles. The SMILES string of the molecule is CN(C(=O)c1ccc(C2SCC(=O)N2CCc2ccccc2)cc1)C1CCCC1. The van der Waals surface area contributed by atoms with Gasteiger partial charge in [0.25, 0.3) is 5.91 Å². The topological polar surface area (TPSA) is 40.6 Å². The number of hydrogen-bond acceptors (Lipinski definition) is 3. The molecule has 4 nitrogen and oxygen atoms in total. The average Bonchev–Trinajstić information content (AvgIpc) is 3.42. The summed E-state index contributed by atoms with van der Waals surface area (Å²) in [6.45, 7) is 0.714. The summed E-state index contributed by atoms with van der Waals surface area (Å²) in [5.74, 6) is 0.807. The first-order chi connectivity index (χ1) is 14.1. The van der Waals surface area contributed by atoms with E-state index in [4.69, 9.17) is 0 Å². The van der Waals surface area contributed by atoms with Gasteiger partial charge >= 0.3 is 0 Å². The molecule has 1 heterocycles. The molecular weight excluding hydrogens is 380 g/mol. The minimum absolute atomic E-state index is 0.0305. The fourth-order valence-corrected chi connectivity index (χ4v) is 5.54. The van der Waals surface area contributed by atoms with E-state index in [9.17, 15) is 9.59 Å². The molecule has 152 valence electrons. The number of amides is 2. The Hall–Kier alpha value is -2.27. The first kappa shape index (κ1) is 20.0. The van der Waals surface area contributed by atoms with Crippen LogP contribution in [-0.2, 0) is 11.2 Å². The van der Waals surface area contributed by atoms with Gasteiger partial charge in [0.1, 0.15) is 5.37 Å². The average molecular weight is 409 g/mol. The summed E-state index contributed by atoms with van der Waals surface area (Å²) in [5.41, 5.74) is 3.06. The molecule has 2 aromatic rings. The van der Waals surface area contributed by atoms with E-state index < -0.39 is 0 Å². The molecule has 1 aliphatic carbocycles. The normalized spacial score (nSPS) is 19.7. The summed E-state index contributed by atoms with van der Waals surface area (Å²) >= 11 is 1.67. The van der Waals surface area contributed by atoms with Gasteiger partial charge in [-0.3, -0.25) is 9.59 Å². The summed E-state index contributed by atoms with van der Waals surface area (Å²) in [4.78, 5) is 29.1. The molecule has 0 N–H and O–H groups in total. The van der Waals surface area contributed by atoms with Crippen LogP contribution in [0, 0.1) is 0 Å². The lowest BCUT2D eigenvalue weighted by atomic mass is 10.1. The van der Waals surface area contributed by atoms with E-state index in [1.807, 2.05) is 59.3 Å². The van der Waals surface area contributed by atoms with E-state index in [1.54, 1.807) is 11.8 Å². The highest BCUT2D eigenvalue weighted by molar-refractivity contribution is 8.00. The van der Waals surface area contributed by atoms with Crippen molar-refractivity contribution in [3.05, 3.63) is 71.3 Å². The number of nitrogens with zero attached hydrogens (tertiary/aromatic N) is 2. The summed E-state index contributed by atoms with van der Waals surface area (Å²) in [7, 11) is 1.92. The van der Waals surface area contributed by atoms with Crippen LogP contribution in [0.2, 0.25) is 0 Å². The second kappa shape index (κ2) is 9.04. The fourth-order valence-electron chi connectivity index (χ4n) is 4.32. The number of carbonyl (C=O) groups is 2. The maximum absolute atomic E-state index is 12.8. The highest BCUT2D eigenvalue weighted by Gasteiger charge is 2.32. The van der Waals surface area contributed by atoms with Gasteiger partial charge in [0.2, 0.25) is 5.91 Å². The Bertz CT molecular complexity index is 847. The van der Waals surface area contributed by atoms with Crippen molar-refractivity contribution in [2.45, 2.75) is 43.5 Å². The number of hydrogen-bond donors (Lipinski definition) is 0. The summed E-state index contributed by atoms with van der Waals surface area (Å²) in [5, 5.41) is 0.0305. The molecule has 1 saturated heterocycles. The highest BCUT2D eigenvalue weighted by Crippen LogP contribution is 2.38. The lowest BCUT2D eigenvalue weighted by Crippen LogP contribution is -2.35. The quantitative estimate of drug-likeness (QED) is 0.706. The van der Waals surface area contributed by atoms with Crippen LogP contribution < -0.4 is 0 Å². The zero-order valence-electron chi connectivity index (χ0n) is 16.9. The fraction of sp³-hybridized carbons (Fsp3) is 0.417. The van der Waals surface area contributed by atoms with E-state index in [2.05, 4.69) is 12.1 Å². The van der Waals surface area contributed by atoms with Crippen molar-refractivity contribution in [3.8, 4) is 0 Å². The van der Waals surface area contributed by atoms with E-state index in [0.717, 1.165) is 30.4 Å². The summed E-state index contributed by atoms with van der Waals surface area (Å²) in [6.07, 6.45) is 5.50. The van der Waals surface area contributed by atoms with Crippen molar-refractivity contribution in [1.29, 1.82) is 0 Å². The predicted octanol–water partition coefficient (Wildman–Crippen LogP) is 4.52. The van der Waals surface area contributed by atoms with Crippen LogP contribution >= 0.6 is 11.8 Å². The monoisotopic (exact) mass is 408 g/mol. The maximum atomic E-state index is 12.8. The van der Waals surface area contributed by atoms with E-state index in [-0.39, 0.29) is 17.2 Å². The molecule has 2 fully saturated rings. The molecule has 2 aliphatic rings. The van der Waals surface area contributed by atoms with Gasteiger partial charge < -0.3 is 9.80 Å². The molecule has 2 aromatic carbocycles. The van der Waals surface area contributed by atoms with Crippen molar-refractivity contribution in [2.24, 2.45) is 0 Å². The lowest BCUT2D eigenvalue weighted by Gasteiger charge is -2.26. The van der Waals surface area contributed by atoms with Crippen molar-refractivity contribution >= 4 is 23.6 Å². The second-order valence-electron chi connectivity index (χ2n) is 7.96. The van der Waals surface area contributed by atoms with Gasteiger partial charge in [-0.15, -0.1) is 11.8 Å². The lowest BCUT2D eigenvalue weighted by molar-refractivity contribution is -0.128. The minimum Gasteiger partial charge on any atom is -0.339 e. The third-order valence-electron chi connectivity index (χ3n) is 6.09. The number of thioether (sulfide) groups is 1. The Balaban J connectivity index is 1.43. The third kappa shape index (κ3) is 4.50. The molecule has 0 spiro atoms. The maximum Gasteiger partial charge on any atom is 0.253 e. The smallest absolute Gasteiger partial charge is 0.253 e. The van der Waals surface area contributed by atoms with Gasteiger partial charge in [-0.2, -0.15) is 0 Å². The van der Waals surface area contributed by atoms with Gasteiger partial charge in [-0.25, -0.2) is 0 Å². The van der Waals surface area contributed by atoms with Crippen LogP contribution in [0.15, 0.2) is 54.6 Å². The number of benzene rings is 2. The second-order valence-corrected chi connectivity index (χ2v) is 9.03. The summed E-state index contributed by atoms with van der Waals surface area (Å²) in [6, 6.07) is 18.5. The molecule has 1 unspecified atom stereocenters. The molecule has 0 bridgehead atoms. The molecule has 0 radical (unpaired) electrons. The first-order valence-corrected chi connectivity index (χ1v) is 11.5. The minimum atomic E-state index is 0.0305. The Labute approximate surface area is 177 Å². The first-order valence-electron chi connectivity index (χ1n) is 10.5. The van der Waals surface area contributed by atoms with Crippen LogP contribution in [0.5, 0.6) is 0 Å². The zero-order valence-corrected chi connectivity index (χ0v) is 17.7. The largest absolute Gasteiger partial charge is 0.339 e. The molecule has 1 aliphatic heterocycles. The number of rotatable bonds is 6. The molecule has 5 heteroatoms. The van der Waals surface area contributed by atoms with E-state index in [1.165, 1.54) is 18.4 Å². The van der Waals surface area contributed by atoms with Crippen LogP contribution in [0.25, 0.3) is 0 Å².